The Balaban J connectivity index is 1.70. The van der Waals surface area contributed by atoms with Gasteiger partial charge in [-0.1, -0.05) is 6.07 Å². The first-order valence-corrected chi connectivity index (χ1v) is 11.1. The van der Waals surface area contributed by atoms with Crippen LogP contribution in [0.15, 0.2) is 42.7 Å². The molecule has 1 aromatic carbocycles. The third-order valence-corrected chi connectivity index (χ3v) is 6.21. The standard InChI is InChI=1S/C25H32N4O2/c1-30-23-15-19-10-13-27-21(20(19)16-24(23)31-2)17-29(14-4-3-11-26)22-9-5-7-18-8-6-12-28-25(18)22/h6,8,10,12-13,15-16,22H,3-5,7,9,11,14,17,26H2,1-2H3. The van der Waals surface area contributed by atoms with Gasteiger partial charge in [-0.3, -0.25) is 14.9 Å². The molecule has 1 atom stereocenters. The number of rotatable bonds is 9. The number of aromatic nitrogens is 2. The van der Waals surface area contributed by atoms with E-state index in [1.165, 1.54) is 17.7 Å². The minimum Gasteiger partial charge on any atom is -0.493 e. The third-order valence-electron chi connectivity index (χ3n) is 6.21. The second-order valence-corrected chi connectivity index (χ2v) is 8.11. The zero-order valence-corrected chi connectivity index (χ0v) is 18.5. The fraction of sp³-hybridized carbons (Fsp3) is 0.440. The van der Waals surface area contributed by atoms with Gasteiger partial charge in [-0.15, -0.1) is 0 Å². The lowest BCUT2D eigenvalue weighted by atomic mass is 9.90. The molecule has 31 heavy (non-hydrogen) atoms. The Labute approximate surface area is 184 Å². The number of nitrogens with two attached hydrogens (primary N) is 1. The van der Waals surface area contributed by atoms with E-state index in [1.54, 1.807) is 14.2 Å². The summed E-state index contributed by atoms with van der Waals surface area (Å²) in [5, 5.41) is 2.20. The van der Waals surface area contributed by atoms with E-state index in [0.29, 0.717) is 6.04 Å². The minimum absolute atomic E-state index is 0.305. The van der Waals surface area contributed by atoms with E-state index in [4.69, 9.17) is 25.2 Å². The maximum atomic E-state index is 5.79. The molecule has 0 saturated heterocycles. The normalized spacial score (nSPS) is 15.8. The Morgan fingerprint density at radius 1 is 1.06 bits per heavy atom. The van der Waals surface area contributed by atoms with Crippen LogP contribution in [0.3, 0.4) is 0 Å². The fourth-order valence-corrected chi connectivity index (χ4v) is 4.62. The Kier molecular flexibility index (Phi) is 6.99. The first-order valence-electron chi connectivity index (χ1n) is 11.1. The van der Waals surface area contributed by atoms with Gasteiger partial charge in [0.15, 0.2) is 11.5 Å². The van der Waals surface area contributed by atoms with Gasteiger partial charge in [0.2, 0.25) is 0 Å². The predicted molar refractivity (Wildman–Crippen MR) is 123 cm³/mol. The molecule has 0 aliphatic heterocycles. The monoisotopic (exact) mass is 420 g/mol. The van der Waals surface area contributed by atoms with Crippen molar-refractivity contribution in [2.75, 3.05) is 27.3 Å². The first-order chi connectivity index (χ1) is 15.2. The molecule has 4 rings (SSSR count). The maximum Gasteiger partial charge on any atom is 0.161 e. The van der Waals surface area contributed by atoms with Gasteiger partial charge >= 0.3 is 0 Å². The van der Waals surface area contributed by atoms with E-state index < -0.39 is 0 Å². The Hall–Kier alpha value is -2.70. The average molecular weight is 421 g/mol. The highest BCUT2D eigenvalue weighted by Gasteiger charge is 2.27. The van der Waals surface area contributed by atoms with Crippen LogP contribution in [0.1, 0.15) is 48.7 Å². The molecule has 0 amide bonds. The molecule has 0 radical (unpaired) electrons. The molecule has 2 heterocycles. The summed E-state index contributed by atoms with van der Waals surface area (Å²) in [5.41, 5.74) is 9.44. The van der Waals surface area contributed by atoms with E-state index in [9.17, 15) is 0 Å². The van der Waals surface area contributed by atoms with Crippen LogP contribution in [-0.2, 0) is 13.0 Å². The largest absolute Gasteiger partial charge is 0.493 e. The molecule has 0 spiro atoms. The van der Waals surface area contributed by atoms with Crippen molar-refractivity contribution in [1.82, 2.24) is 14.9 Å². The van der Waals surface area contributed by atoms with Gasteiger partial charge in [0.25, 0.3) is 0 Å². The van der Waals surface area contributed by atoms with E-state index in [0.717, 1.165) is 73.3 Å². The van der Waals surface area contributed by atoms with Gasteiger partial charge in [-0.05, 0) is 80.4 Å². The van der Waals surface area contributed by atoms with Crippen LogP contribution in [0.4, 0.5) is 0 Å². The maximum absolute atomic E-state index is 5.79. The SMILES string of the molecule is COc1cc2ccnc(CN(CCCCN)C3CCCc4cccnc43)c2cc1OC. The number of nitrogens with zero attached hydrogens (tertiary/aromatic N) is 3. The highest BCUT2D eigenvalue weighted by Crippen LogP contribution is 2.36. The zero-order chi connectivity index (χ0) is 21.6. The van der Waals surface area contributed by atoms with Crippen molar-refractivity contribution in [3.8, 4) is 11.5 Å². The van der Waals surface area contributed by atoms with E-state index in [-0.39, 0.29) is 0 Å². The van der Waals surface area contributed by atoms with Crippen LogP contribution in [0, 0.1) is 0 Å². The lowest BCUT2D eigenvalue weighted by molar-refractivity contribution is 0.162. The van der Waals surface area contributed by atoms with Crippen LogP contribution < -0.4 is 15.2 Å². The van der Waals surface area contributed by atoms with Crippen LogP contribution in [0.5, 0.6) is 11.5 Å². The summed E-state index contributed by atoms with van der Waals surface area (Å²) in [6, 6.07) is 10.7. The average Bonchev–Trinajstić information content (AvgIpc) is 2.82. The summed E-state index contributed by atoms with van der Waals surface area (Å²) in [5.74, 6) is 1.46. The number of aryl methyl sites for hydroxylation is 1. The van der Waals surface area contributed by atoms with Crippen molar-refractivity contribution >= 4 is 10.8 Å². The molecule has 164 valence electrons. The van der Waals surface area contributed by atoms with E-state index in [2.05, 4.69) is 11.0 Å². The molecule has 2 N–H and O–H groups in total. The summed E-state index contributed by atoms with van der Waals surface area (Å²) in [6.45, 7) is 2.46. The molecule has 0 saturated carbocycles. The van der Waals surface area contributed by atoms with Gasteiger partial charge in [-0.25, -0.2) is 0 Å². The summed E-state index contributed by atoms with van der Waals surface area (Å²) < 4.78 is 11.0. The second kappa shape index (κ2) is 10.1. The quantitative estimate of drug-likeness (QED) is 0.521. The fourth-order valence-electron chi connectivity index (χ4n) is 4.62. The van der Waals surface area contributed by atoms with Gasteiger partial charge in [0.1, 0.15) is 0 Å². The van der Waals surface area contributed by atoms with Crippen molar-refractivity contribution in [2.45, 2.75) is 44.7 Å². The molecule has 6 nitrogen and oxygen atoms in total. The summed E-state index contributed by atoms with van der Waals surface area (Å²) in [4.78, 5) is 12.1. The van der Waals surface area contributed by atoms with Gasteiger partial charge in [0, 0.05) is 24.3 Å². The van der Waals surface area contributed by atoms with Crippen LogP contribution in [-0.4, -0.2) is 42.2 Å². The number of benzene rings is 1. The van der Waals surface area contributed by atoms with Crippen LogP contribution in [0.25, 0.3) is 10.8 Å². The molecule has 1 aliphatic rings. The number of hydrogen-bond acceptors (Lipinski definition) is 6. The number of ether oxygens (including phenoxy) is 2. The summed E-state index contributed by atoms with van der Waals surface area (Å²) in [7, 11) is 3.34. The molecule has 2 aromatic heterocycles. The van der Waals surface area contributed by atoms with Crippen molar-refractivity contribution in [1.29, 1.82) is 0 Å². The van der Waals surface area contributed by atoms with Crippen molar-refractivity contribution in [3.63, 3.8) is 0 Å². The summed E-state index contributed by atoms with van der Waals surface area (Å²) >= 11 is 0. The number of unbranched alkanes of at least 4 members (excludes halogenated alkanes) is 1. The molecular formula is C25H32N4O2. The molecular weight excluding hydrogens is 388 g/mol. The zero-order valence-electron chi connectivity index (χ0n) is 18.5. The first kappa shape index (κ1) is 21.5. The Bertz CT molecular complexity index is 1020. The van der Waals surface area contributed by atoms with Gasteiger partial charge in [0.05, 0.1) is 31.6 Å². The molecule has 1 aliphatic carbocycles. The van der Waals surface area contributed by atoms with Crippen LogP contribution >= 0.6 is 0 Å². The van der Waals surface area contributed by atoms with E-state index >= 15 is 0 Å². The molecule has 0 bridgehead atoms. The Morgan fingerprint density at radius 3 is 2.71 bits per heavy atom. The predicted octanol–water partition coefficient (Wildman–Crippen LogP) is 4.27. The lowest BCUT2D eigenvalue weighted by Gasteiger charge is -2.35. The van der Waals surface area contributed by atoms with E-state index in [1.807, 2.05) is 36.7 Å². The second-order valence-electron chi connectivity index (χ2n) is 8.11. The topological polar surface area (TPSA) is 73.5 Å². The third kappa shape index (κ3) is 4.65. The molecule has 1 unspecified atom stereocenters. The number of pyridine rings is 2. The smallest absolute Gasteiger partial charge is 0.161 e. The molecule has 0 fully saturated rings. The number of hydrogen-bond donors (Lipinski definition) is 1. The minimum atomic E-state index is 0.305. The van der Waals surface area contributed by atoms with Crippen molar-refractivity contribution in [2.24, 2.45) is 5.73 Å². The van der Waals surface area contributed by atoms with Crippen molar-refractivity contribution < 1.29 is 9.47 Å². The number of methoxy groups -OCH3 is 2. The highest BCUT2D eigenvalue weighted by atomic mass is 16.5. The lowest BCUT2D eigenvalue weighted by Crippen LogP contribution is -2.33. The van der Waals surface area contributed by atoms with Gasteiger partial charge in [-0.2, -0.15) is 0 Å². The van der Waals surface area contributed by atoms with Gasteiger partial charge < -0.3 is 15.2 Å². The Morgan fingerprint density at radius 2 is 1.90 bits per heavy atom. The van der Waals surface area contributed by atoms with Crippen molar-refractivity contribution in [3.05, 3.63) is 59.7 Å². The molecule has 6 heteroatoms. The molecule has 3 aromatic rings. The number of fused-ring (bicyclic) bond motifs is 2. The van der Waals surface area contributed by atoms with Crippen LogP contribution in [0.2, 0.25) is 0 Å². The summed E-state index contributed by atoms with van der Waals surface area (Å²) in [6.07, 6.45) is 9.31. The highest BCUT2D eigenvalue weighted by molar-refractivity contribution is 5.87.